The second-order valence-electron chi connectivity index (χ2n) is 4.37. The summed E-state index contributed by atoms with van der Waals surface area (Å²) in [4.78, 5) is 2.41. The van der Waals surface area contributed by atoms with Gasteiger partial charge in [-0.05, 0) is 37.6 Å². The number of hydrogen-bond acceptors (Lipinski definition) is 3. The second kappa shape index (κ2) is 9.09. The fraction of sp³-hybridized carbons (Fsp3) is 0.600. The van der Waals surface area contributed by atoms with E-state index in [1.54, 1.807) is 0 Å². The van der Waals surface area contributed by atoms with Gasteiger partial charge in [0.2, 0.25) is 0 Å². The maximum atomic E-state index is 5.66. The van der Waals surface area contributed by atoms with E-state index in [1.165, 1.54) is 11.1 Å². The van der Waals surface area contributed by atoms with Gasteiger partial charge in [-0.2, -0.15) is 0 Å². The Morgan fingerprint density at radius 1 is 1.17 bits per heavy atom. The smallest absolute Gasteiger partial charge is 0.0593 e. The van der Waals surface area contributed by atoms with Crippen molar-refractivity contribution in [1.29, 1.82) is 0 Å². The van der Waals surface area contributed by atoms with Crippen LogP contribution in [0.1, 0.15) is 25.0 Å². The van der Waals surface area contributed by atoms with E-state index in [2.05, 4.69) is 36.1 Å². The SMILES string of the molecule is CCOCCN(CC)Cc1ccccc1CCN. The highest BCUT2D eigenvalue weighted by molar-refractivity contribution is 5.27. The molecule has 0 saturated carbocycles. The van der Waals surface area contributed by atoms with E-state index < -0.39 is 0 Å². The minimum Gasteiger partial charge on any atom is -0.380 e. The highest BCUT2D eigenvalue weighted by Gasteiger charge is 2.06. The zero-order valence-corrected chi connectivity index (χ0v) is 11.7. The molecule has 2 N–H and O–H groups in total. The lowest BCUT2D eigenvalue weighted by atomic mass is 10.0. The van der Waals surface area contributed by atoms with Crippen LogP contribution < -0.4 is 5.73 Å². The van der Waals surface area contributed by atoms with Crippen LogP contribution in [0.5, 0.6) is 0 Å². The molecule has 0 aliphatic rings. The molecule has 1 rings (SSSR count). The Labute approximate surface area is 111 Å². The zero-order valence-electron chi connectivity index (χ0n) is 11.7. The quantitative estimate of drug-likeness (QED) is 0.682. The Morgan fingerprint density at radius 3 is 2.50 bits per heavy atom. The number of rotatable bonds is 9. The minimum absolute atomic E-state index is 0.710. The van der Waals surface area contributed by atoms with Crippen LogP contribution in [0, 0.1) is 0 Å². The van der Waals surface area contributed by atoms with Gasteiger partial charge in [0, 0.05) is 19.7 Å². The molecule has 102 valence electrons. The van der Waals surface area contributed by atoms with Gasteiger partial charge < -0.3 is 10.5 Å². The van der Waals surface area contributed by atoms with Crippen LogP contribution in [0.2, 0.25) is 0 Å². The van der Waals surface area contributed by atoms with Crippen LogP contribution in [-0.2, 0) is 17.7 Å². The molecular formula is C15H26N2O. The molecule has 18 heavy (non-hydrogen) atoms. The third-order valence-corrected chi connectivity index (χ3v) is 3.13. The Kier molecular flexibility index (Phi) is 7.65. The summed E-state index contributed by atoms with van der Waals surface area (Å²) >= 11 is 0. The maximum Gasteiger partial charge on any atom is 0.0593 e. The third kappa shape index (κ3) is 5.17. The normalized spacial score (nSPS) is 11.1. The second-order valence-corrected chi connectivity index (χ2v) is 4.37. The molecule has 0 fully saturated rings. The van der Waals surface area contributed by atoms with Gasteiger partial charge in [-0.25, -0.2) is 0 Å². The number of benzene rings is 1. The standard InChI is InChI=1S/C15H26N2O/c1-3-17(11-12-18-4-2)13-15-8-6-5-7-14(15)9-10-16/h5-8H,3-4,9-13,16H2,1-2H3. The monoisotopic (exact) mass is 250 g/mol. The average molecular weight is 250 g/mol. The summed E-state index contributed by atoms with van der Waals surface area (Å²) in [7, 11) is 0. The summed E-state index contributed by atoms with van der Waals surface area (Å²) < 4.78 is 5.42. The summed E-state index contributed by atoms with van der Waals surface area (Å²) in [5, 5.41) is 0. The van der Waals surface area contributed by atoms with E-state index in [0.29, 0.717) is 6.54 Å². The van der Waals surface area contributed by atoms with Crippen molar-refractivity contribution in [3.8, 4) is 0 Å². The van der Waals surface area contributed by atoms with Crippen molar-refractivity contribution >= 4 is 0 Å². The molecule has 1 aromatic rings. The summed E-state index contributed by atoms with van der Waals surface area (Å²) in [6.07, 6.45) is 0.958. The Bertz CT molecular complexity index is 328. The van der Waals surface area contributed by atoms with E-state index in [4.69, 9.17) is 10.5 Å². The van der Waals surface area contributed by atoms with Crippen LogP contribution >= 0.6 is 0 Å². The molecule has 0 radical (unpaired) electrons. The Morgan fingerprint density at radius 2 is 1.89 bits per heavy atom. The number of nitrogens with zero attached hydrogens (tertiary/aromatic N) is 1. The van der Waals surface area contributed by atoms with Crippen LogP contribution in [0.3, 0.4) is 0 Å². The Hall–Kier alpha value is -0.900. The molecule has 0 saturated heterocycles. The van der Waals surface area contributed by atoms with Crippen LogP contribution in [0.4, 0.5) is 0 Å². The van der Waals surface area contributed by atoms with E-state index in [1.807, 2.05) is 6.92 Å². The predicted molar refractivity (Wildman–Crippen MR) is 76.6 cm³/mol. The molecule has 3 nitrogen and oxygen atoms in total. The van der Waals surface area contributed by atoms with E-state index in [9.17, 15) is 0 Å². The summed E-state index contributed by atoms with van der Waals surface area (Å²) in [5.74, 6) is 0. The molecule has 0 amide bonds. The summed E-state index contributed by atoms with van der Waals surface area (Å²) in [5.41, 5.74) is 8.42. The number of likely N-dealkylation sites (N-methyl/N-ethyl adjacent to an activating group) is 1. The van der Waals surface area contributed by atoms with Crippen LogP contribution in [0.15, 0.2) is 24.3 Å². The highest BCUT2D eigenvalue weighted by atomic mass is 16.5. The van der Waals surface area contributed by atoms with Crippen molar-refractivity contribution in [2.45, 2.75) is 26.8 Å². The lowest BCUT2D eigenvalue weighted by Crippen LogP contribution is -2.27. The molecule has 3 heteroatoms. The predicted octanol–water partition coefficient (Wildman–Crippen LogP) is 2.05. The Balaban J connectivity index is 2.57. The maximum absolute atomic E-state index is 5.66. The van der Waals surface area contributed by atoms with Crippen molar-refractivity contribution in [3.63, 3.8) is 0 Å². The topological polar surface area (TPSA) is 38.5 Å². The summed E-state index contributed by atoms with van der Waals surface area (Å²) in [6, 6.07) is 8.57. The van der Waals surface area contributed by atoms with Gasteiger partial charge in [0.25, 0.3) is 0 Å². The van der Waals surface area contributed by atoms with Crippen molar-refractivity contribution in [1.82, 2.24) is 4.90 Å². The lowest BCUT2D eigenvalue weighted by molar-refractivity contribution is 0.113. The van der Waals surface area contributed by atoms with E-state index in [0.717, 1.165) is 39.3 Å². The van der Waals surface area contributed by atoms with Crippen molar-refractivity contribution in [2.24, 2.45) is 5.73 Å². The van der Waals surface area contributed by atoms with Gasteiger partial charge >= 0.3 is 0 Å². The van der Waals surface area contributed by atoms with Crippen molar-refractivity contribution in [3.05, 3.63) is 35.4 Å². The fourth-order valence-electron chi connectivity index (χ4n) is 2.04. The lowest BCUT2D eigenvalue weighted by Gasteiger charge is -2.21. The summed E-state index contributed by atoms with van der Waals surface area (Å²) in [6.45, 7) is 9.56. The third-order valence-electron chi connectivity index (χ3n) is 3.13. The van der Waals surface area contributed by atoms with E-state index >= 15 is 0 Å². The van der Waals surface area contributed by atoms with Gasteiger partial charge in [0.15, 0.2) is 0 Å². The molecule has 0 spiro atoms. The molecule has 0 bridgehead atoms. The molecule has 0 aliphatic heterocycles. The average Bonchev–Trinajstić information content (AvgIpc) is 2.40. The number of hydrogen-bond donors (Lipinski definition) is 1. The van der Waals surface area contributed by atoms with Crippen molar-refractivity contribution in [2.75, 3.05) is 32.8 Å². The first-order chi connectivity index (χ1) is 8.81. The highest BCUT2D eigenvalue weighted by Crippen LogP contribution is 2.12. The molecule has 0 aromatic heterocycles. The van der Waals surface area contributed by atoms with Crippen LogP contribution in [-0.4, -0.2) is 37.7 Å². The fourth-order valence-corrected chi connectivity index (χ4v) is 2.04. The van der Waals surface area contributed by atoms with Gasteiger partial charge in [-0.3, -0.25) is 4.90 Å². The molecule has 0 unspecified atom stereocenters. The van der Waals surface area contributed by atoms with E-state index in [-0.39, 0.29) is 0 Å². The number of ether oxygens (including phenoxy) is 1. The molecule has 0 atom stereocenters. The first-order valence-corrected chi connectivity index (χ1v) is 6.88. The molecular weight excluding hydrogens is 224 g/mol. The van der Waals surface area contributed by atoms with Gasteiger partial charge in [-0.15, -0.1) is 0 Å². The van der Waals surface area contributed by atoms with Crippen molar-refractivity contribution < 1.29 is 4.74 Å². The zero-order chi connectivity index (χ0) is 13.2. The minimum atomic E-state index is 0.710. The van der Waals surface area contributed by atoms with Gasteiger partial charge in [-0.1, -0.05) is 31.2 Å². The molecule has 0 aliphatic carbocycles. The largest absolute Gasteiger partial charge is 0.380 e. The van der Waals surface area contributed by atoms with Crippen LogP contribution in [0.25, 0.3) is 0 Å². The van der Waals surface area contributed by atoms with Gasteiger partial charge in [0.05, 0.1) is 6.61 Å². The van der Waals surface area contributed by atoms with Gasteiger partial charge in [0.1, 0.15) is 0 Å². The number of nitrogens with two attached hydrogens (primary N) is 1. The first kappa shape index (κ1) is 15.2. The first-order valence-electron chi connectivity index (χ1n) is 6.88. The molecule has 1 aromatic carbocycles. The molecule has 0 heterocycles.